The minimum atomic E-state index is -0.546. The van der Waals surface area contributed by atoms with Gasteiger partial charge in [0.1, 0.15) is 5.82 Å². The Morgan fingerprint density at radius 1 is 1.21 bits per heavy atom. The van der Waals surface area contributed by atoms with Crippen molar-refractivity contribution in [2.24, 2.45) is 0 Å². The molecule has 0 aliphatic heterocycles. The van der Waals surface area contributed by atoms with E-state index in [0.717, 1.165) is 0 Å². The van der Waals surface area contributed by atoms with Gasteiger partial charge in [-0.3, -0.25) is 5.43 Å². The van der Waals surface area contributed by atoms with E-state index in [1.807, 2.05) is 0 Å². The lowest BCUT2D eigenvalue weighted by Gasteiger charge is -2.10. The SMILES string of the molecule is CNNc1nc(C)n(-c2ccc(O)c(O)c2)c(=O)n1. The van der Waals surface area contributed by atoms with Crippen LogP contribution in [-0.4, -0.2) is 31.8 Å². The molecule has 0 spiro atoms. The van der Waals surface area contributed by atoms with Gasteiger partial charge in [-0.15, -0.1) is 0 Å². The number of aromatic nitrogens is 3. The highest BCUT2D eigenvalue weighted by Gasteiger charge is 2.10. The molecule has 0 saturated heterocycles. The van der Waals surface area contributed by atoms with Gasteiger partial charge in [0.2, 0.25) is 5.95 Å². The number of nitrogens with zero attached hydrogens (tertiary/aromatic N) is 3. The standard InChI is InChI=1S/C11H13N5O3/c1-6-13-10(15-12-2)14-11(19)16(6)7-3-4-8(17)9(18)5-7/h3-5,12,17-18H,1-2H3,(H,14,15,19). The third kappa shape index (κ3) is 2.47. The van der Waals surface area contributed by atoms with Crippen molar-refractivity contribution in [1.82, 2.24) is 20.0 Å². The van der Waals surface area contributed by atoms with Crippen LogP contribution < -0.4 is 16.5 Å². The van der Waals surface area contributed by atoms with Crippen LogP contribution in [0.5, 0.6) is 11.5 Å². The molecule has 0 aliphatic carbocycles. The first-order chi connectivity index (χ1) is 9.02. The smallest absolute Gasteiger partial charge is 0.356 e. The molecule has 1 aromatic carbocycles. The van der Waals surface area contributed by atoms with Crippen molar-refractivity contribution in [3.05, 3.63) is 34.5 Å². The molecule has 4 N–H and O–H groups in total. The van der Waals surface area contributed by atoms with E-state index in [2.05, 4.69) is 20.8 Å². The number of phenols is 2. The molecule has 0 aliphatic rings. The second-order valence-corrected chi connectivity index (χ2v) is 3.76. The number of aryl methyl sites for hydroxylation is 1. The zero-order valence-corrected chi connectivity index (χ0v) is 10.4. The van der Waals surface area contributed by atoms with E-state index in [-0.39, 0.29) is 17.4 Å². The van der Waals surface area contributed by atoms with Crippen molar-refractivity contribution in [3.63, 3.8) is 0 Å². The van der Waals surface area contributed by atoms with Crippen molar-refractivity contribution in [1.29, 1.82) is 0 Å². The highest BCUT2D eigenvalue weighted by Crippen LogP contribution is 2.26. The molecule has 0 bridgehead atoms. The number of rotatable bonds is 3. The van der Waals surface area contributed by atoms with Gasteiger partial charge in [0.05, 0.1) is 5.69 Å². The van der Waals surface area contributed by atoms with Gasteiger partial charge in [0.15, 0.2) is 11.5 Å². The number of hydrazine groups is 1. The fraction of sp³-hybridized carbons (Fsp3) is 0.182. The second kappa shape index (κ2) is 4.94. The van der Waals surface area contributed by atoms with Gasteiger partial charge in [0.25, 0.3) is 0 Å². The van der Waals surface area contributed by atoms with Crippen molar-refractivity contribution >= 4 is 5.95 Å². The quantitative estimate of drug-likeness (QED) is 0.451. The van der Waals surface area contributed by atoms with Gasteiger partial charge >= 0.3 is 5.69 Å². The van der Waals surface area contributed by atoms with E-state index in [4.69, 9.17) is 0 Å². The molecule has 19 heavy (non-hydrogen) atoms. The van der Waals surface area contributed by atoms with Crippen LogP contribution in [-0.2, 0) is 0 Å². The van der Waals surface area contributed by atoms with Crippen LogP contribution in [0.3, 0.4) is 0 Å². The Balaban J connectivity index is 2.56. The van der Waals surface area contributed by atoms with Crippen LogP contribution in [0.15, 0.2) is 23.0 Å². The van der Waals surface area contributed by atoms with Crippen molar-refractivity contribution in [2.75, 3.05) is 12.5 Å². The Bertz CT molecular complexity index is 668. The zero-order valence-electron chi connectivity index (χ0n) is 10.4. The number of benzene rings is 1. The van der Waals surface area contributed by atoms with Gasteiger partial charge in [0, 0.05) is 13.1 Å². The lowest BCUT2D eigenvalue weighted by molar-refractivity contribution is 0.403. The van der Waals surface area contributed by atoms with Crippen molar-refractivity contribution in [2.45, 2.75) is 6.92 Å². The molecule has 0 amide bonds. The normalized spacial score (nSPS) is 10.4. The molecular formula is C11H13N5O3. The van der Waals surface area contributed by atoms with E-state index in [0.29, 0.717) is 11.5 Å². The monoisotopic (exact) mass is 263 g/mol. The molecule has 0 radical (unpaired) electrons. The molecule has 0 fully saturated rings. The summed E-state index contributed by atoms with van der Waals surface area (Å²) >= 11 is 0. The maximum absolute atomic E-state index is 11.9. The van der Waals surface area contributed by atoms with Crippen LogP contribution in [0.25, 0.3) is 5.69 Å². The highest BCUT2D eigenvalue weighted by molar-refractivity contribution is 5.47. The van der Waals surface area contributed by atoms with Gasteiger partial charge in [-0.25, -0.2) is 14.8 Å². The van der Waals surface area contributed by atoms with Crippen LogP contribution in [0, 0.1) is 6.92 Å². The summed E-state index contributed by atoms with van der Waals surface area (Å²) in [5, 5.41) is 18.7. The highest BCUT2D eigenvalue weighted by atomic mass is 16.3. The van der Waals surface area contributed by atoms with Crippen molar-refractivity contribution in [3.8, 4) is 17.2 Å². The molecule has 2 rings (SSSR count). The zero-order chi connectivity index (χ0) is 14.0. The molecule has 8 nitrogen and oxygen atoms in total. The number of aromatic hydroxyl groups is 2. The first kappa shape index (κ1) is 12.8. The third-order valence-electron chi connectivity index (χ3n) is 2.44. The van der Waals surface area contributed by atoms with E-state index < -0.39 is 5.69 Å². The number of hydrogen-bond acceptors (Lipinski definition) is 7. The lowest BCUT2D eigenvalue weighted by Crippen LogP contribution is -2.28. The van der Waals surface area contributed by atoms with E-state index in [1.165, 1.54) is 22.8 Å². The molecule has 0 atom stereocenters. The molecule has 100 valence electrons. The van der Waals surface area contributed by atoms with E-state index in [1.54, 1.807) is 14.0 Å². The average molecular weight is 263 g/mol. The predicted octanol–water partition coefficient (Wildman–Crippen LogP) is -0.107. The van der Waals surface area contributed by atoms with E-state index in [9.17, 15) is 15.0 Å². The van der Waals surface area contributed by atoms with Crippen LogP contribution in [0.4, 0.5) is 5.95 Å². The molecule has 0 saturated carbocycles. The molecule has 8 heteroatoms. The van der Waals surface area contributed by atoms with Crippen LogP contribution in [0.1, 0.15) is 5.82 Å². The number of anilines is 1. The lowest BCUT2D eigenvalue weighted by atomic mass is 10.2. The minimum absolute atomic E-state index is 0.157. The Kier molecular flexibility index (Phi) is 3.34. The Labute approximate surface area is 108 Å². The van der Waals surface area contributed by atoms with E-state index >= 15 is 0 Å². The maximum Gasteiger partial charge on any atom is 0.356 e. The summed E-state index contributed by atoms with van der Waals surface area (Å²) in [6, 6.07) is 4.03. The van der Waals surface area contributed by atoms with Gasteiger partial charge < -0.3 is 10.2 Å². The Morgan fingerprint density at radius 2 is 1.95 bits per heavy atom. The third-order valence-corrected chi connectivity index (χ3v) is 2.44. The minimum Gasteiger partial charge on any atom is -0.504 e. The summed E-state index contributed by atoms with van der Waals surface area (Å²) in [7, 11) is 1.63. The average Bonchev–Trinajstić information content (AvgIpc) is 2.33. The molecule has 1 aromatic heterocycles. The van der Waals surface area contributed by atoms with Crippen LogP contribution >= 0.6 is 0 Å². The molecule has 2 aromatic rings. The topological polar surface area (TPSA) is 112 Å². The first-order valence-corrected chi connectivity index (χ1v) is 5.45. The Morgan fingerprint density at radius 3 is 2.53 bits per heavy atom. The fourth-order valence-corrected chi connectivity index (χ4v) is 1.62. The summed E-state index contributed by atoms with van der Waals surface area (Å²) < 4.78 is 1.22. The summed E-state index contributed by atoms with van der Waals surface area (Å²) in [5.41, 5.74) is 5.05. The number of hydrogen-bond donors (Lipinski definition) is 4. The molecule has 0 unspecified atom stereocenters. The largest absolute Gasteiger partial charge is 0.504 e. The van der Waals surface area contributed by atoms with Crippen molar-refractivity contribution < 1.29 is 10.2 Å². The van der Waals surface area contributed by atoms with Gasteiger partial charge in [-0.05, 0) is 19.1 Å². The summed E-state index contributed by atoms with van der Waals surface area (Å²) in [4.78, 5) is 19.7. The Hall–Kier alpha value is -2.61. The summed E-state index contributed by atoms with van der Waals surface area (Å²) in [5.74, 6) is -0.0304. The summed E-state index contributed by atoms with van der Waals surface area (Å²) in [6.07, 6.45) is 0. The van der Waals surface area contributed by atoms with Gasteiger partial charge in [-0.1, -0.05) is 0 Å². The first-order valence-electron chi connectivity index (χ1n) is 5.45. The maximum atomic E-state index is 11.9. The molecular weight excluding hydrogens is 250 g/mol. The predicted molar refractivity (Wildman–Crippen MR) is 68.4 cm³/mol. The molecule has 1 heterocycles. The second-order valence-electron chi connectivity index (χ2n) is 3.76. The fourth-order valence-electron chi connectivity index (χ4n) is 1.62. The van der Waals surface area contributed by atoms with Gasteiger partial charge in [-0.2, -0.15) is 9.97 Å². The summed E-state index contributed by atoms with van der Waals surface area (Å²) in [6.45, 7) is 1.63. The van der Waals surface area contributed by atoms with Crippen LogP contribution in [0.2, 0.25) is 0 Å². The number of nitrogens with one attached hydrogen (secondary N) is 2. The number of phenolic OH excluding ortho intramolecular Hbond substituents is 2.